The summed E-state index contributed by atoms with van der Waals surface area (Å²) in [7, 11) is 4.12. The Morgan fingerprint density at radius 1 is 1.23 bits per heavy atom. The number of likely N-dealkylation sites (N-methyl/N-ethyl adjacent to an activating group) is 1. The first-order valence-corrected chi connectivity index (χ1v) is 5.08. The monoisotopic (exact) mass is 188 g/mol. The highest BCUT2D eigenvalue weighted by Gasteiger charge is 1.93. The first-order chi connectivity index (χ1) is 6.13. The Balaban J connectivity index is 2.92. The minimum Gasteiger partial charge on any atom is -0.380 e. The lowest BCUT2D eigenvalue weighted by atomic mass is 10.3. The highest BCUT2D eigenvalue weighted by Crippen LogP contribution is 1.84. The van der Waals surface area contributed by atoms with Crippen LogP contribution in [0.2, 0.25) is 0 Å². The van der Waals surface area contributed by atoms with Gasteiger partial charge in [0.2, 0.25) is 0 Å². The van der Waals surface area contributed by atoms with Crippen LogP contribution in [0.25, 0.3) is 0 Å². The van der Waals surface area contributed by atoms with E-state index in [9.17, 15) is 0 Å². The van der Waals surface area contributed by atoms with Crippen LogP contribution in [0.5, 0.6) is 0 Å². The summed E-state index contributed by atoms with van der Waals surface area (Å²) in [5, 5.41) is 3.35. The summed E-state index contributed by atoms with van der Waals surface area (Å²) >= 11 is 0. The fourth-order valence-corrected chi connectivity index (χ4v) is 0.914. The van der Waals surface area contributed by atoms with Gasteiger partial charge in [0, 0.05) is 19.2 Å². The molecule has 0 saturated heterocycles. The Labute approximate surface area is 82.4 Å². The van der Waals surface area contributed by atoms with Crippen molar-refractivity contribution in [1.29, 1.82) is 0 Å². The Kier molecular flexibility index (Phi) is 8.40. The molecule has 13 heavy (non-hydrogen) atoms. The van der Waals surface area contributed by atoms with Crippen LogP contribution in [0.1, 0.15) is 20.3 Å². The molecule has 0 aliphatic heterocycles. The van der Waals surface area contributed by atoms with Crippen molar-refractivity contribution in [2.45, 2.75) is 26.3 Å². The molecule has 3 heteroatoms. The number of hydrogen-bond donors (Lipinski definition) is 1. The SMILES string of the molecule is CC(C)NCCCOCCN(C)C. The molecule has 0 aliphatic carbocycles. The third kappa shape index (κ3) is 11.9. The molecule has 0 bridgehead atoms. The smallest absolute Gasteiger partial charge is 0.0593 e. The quantitative estimate of drug-likeness (QED) is 0.574. The van der Waals surface area contributed by atoms with E-state index < -0.39 is 0 Å². The van der Waals surface area contributed by atoms with Gasteiger partial charge >= 0.3 is 0 Å². The molecule has 0 fully saturated rings. The molecule has 0 atom stereocenters. The van der Waals surface area contributed by atoms with Gasteiger partial charge in [-0.25, -0.2) is 0 Å². The second-order valence-electron chi connectivity index (χ2n) is 3.88. The van der Waals surface area contributed by atoms with Gasteiger partial charge in [0.25, 0.3) is 0 Å². The minimum absolute atomic E-state index is 0.585. The van der Waals surface area contributed by atoms with Crippen molar-refractivity contribution in [2.75, 3.05) is 40.4 Å². The van der Waals surface area contributed by atoms with E-state index in [1.165, 1.54) is 0 Å². The molecule has 0 saturated carbocycles. The van der Waals surface area contributed by atoms with Crippen molar-refractivity contribution in [3.8, 4) is 0 Å². The van der Waals surface area contributed by atoms with Crippen LogP contribution in [-0.4, -0.2) is 51.3 Å². The molecule has 0 aromatic heterocycles. The molecule has 0 amide bonds. The molecule has 0 rings (SSSR count). The largest absolute Gasteiger partial charge is 0.380 e. The van der Waals surface area contributed by atoms with Crippen molar-refractivity contribution in [3.63, 3.8) is 0 Å². The van der Waals surface area contributed by atoms with Crippen LogP contribution >= 0.6 is 0 Å². The molecular weight excluding hydrogens is 164 g/mol. The Hall–Kier alpha value is -0.120. The Morgan fingerprint density at radius 2 is 1.92 bits per heavy atom. The molecule has 0 heterocycles. The van der Waals surface area contributed by atoms with E-state index in [0.29, 0.717) is 6.04 Å². The summed E-state index contributed by atoms with van der Waals surface area (Å²) in [4.78, 5) is 2.13. The lowest BCUT2D eigenvalue weighted by molar-refractivity contribution is 0.115. The summed E-state index contributed by atoms with van der Waals surface area (Å²) in [6.07, 6.45) is 1.10. The topological polar surface area (TPSA) is 24.5 Å². The lowest BCUT2D eigenvalue weighted by Gasteiger charge is -2.10. The number of hydrogen-bond acceptors (Lipinski definition) is 3. The predicted octanol–water partition coefficient (Wildman–Crippen LogP) is 0.953. The standard InChI is InChI=1S/C10H24N2O/c1-10(2)11-6-5-8-13-9-7-12(3)4/h10-11H,5-9H2,1-4H3. The van der Waals surface area contributed by atoms with Crippen LogP contribution in [-0.2, 0) is 4.74 Å². The van der Waals surface area contributed by atoms with Crippen molar-refractivity contribution in [2.24, 2.45) is 0 Å². The first-order valence-electron chi connectivity index (χ1n) is 5.08. The lowest BCUT2D eigenvalue weighted by Crippen LogP contribution is -2.25. The van der Waals surface area contributed by atoms with Crippen molar-refractivity contribution >= 4 is 0 Å². The van der Waals surface area contributed by atoms with E-state index in [4.69, 9.17) is 4.74 Å². The van der Waals surface area contributed by atoms with Crippen molar-refractivity contribution < 1.29 is 4.74 Å². The Morgan fingerprint density at radius 3 is 2.46 bits per heavy atom. The molecule has 1 N–H and O–H groups in total. The fourth-order valence-electron chi connectivity index (χ4n) is 0.914. The molecule has 0 aliphatic rings. The van der Waals surface area contributed by atoms with Gasteiger partial charge in [-0.3, -0.25) is 0 Å². The van der Waals surface area contributed by atoms with Gasteiger partial charge in [-0.15, -0.1) is 0 Å². The maximum atomic E-state index is 5.44. The summed E-state index contributed by atoms with van der Waals surface area (Å²) in [5.74, 6) is 0. The second-order valence-corrected chi connectivity index (χ2v) is 3.88. The highest BCUT2D eigenvalue weighted by molar-refractivity contribution is 4.51. The van der Waals surface area contributed by atoms with Crippen LogP contribution in [0.15, 0.2) is 0 Å². The molecule has 0 unspecified atom stereocenters. The van der Waals surface area contributed by atoms with Crippen molar-refractivity contribution in [3.05, 3.63) is 0 Å². The third-order valence-corrected chi connectivity index (χ3v) is 1.70. The fraction of sp³-hybridized carbons (Fsp3) is 1.00. The number of nitrogens with zero attached hydrogens (tertiary/aromatic N) is 1. The molecule has 0 aromatic rings. The number of nitrogens with one attached hydrogen (secondary N) is 1. The zero-order valence-electron chi connectivity index (χ0n) is 9.47. The minimum atomic E-state index is 0.585. The first kappa shape index (κ1) is 12.9. The van der Waals surface area contributed by atoms with E-state index in [-0.39, 0.29) is 0 Å². The van der Waals surface area contributed by atoms with Gasteiger partial charge in [0.15, 0.2) is 0 Å². The van der Waals surface area contributed by atoms with Crippen LogP contribution < -0.4 is 5.32 Å². The van der Waals surface area contributed by atoms with Gasteiger partial charge in [0.1, 0.15) is 0 Å². The molecule has 80 valence electrons. The normalized spacial score (nSPS) is 11.5. The number of rotatable bonds is 8. The van der Waals surface area contributed by atoms with E-state index in [1.807, 2.05) is 0 Å². The van der Waals surface area contributed by atoms with E-state index in [2.05, 4.69) is 38.2 Å². The molecule has 0 radical (unpaired) electrons. The zero-order chi connectivity index (χ0) is 10.1. The Bertz CT molecular complexity index is 93.1. The van der Waals surface area contributed by atoms with Gasteiger partial charge in [-0.2, -0.15) is 0 Å². The van der Waals surface area contributed by atoms with Crippen LogP contribution in [0.3, 0.4) is 0 Å². The summed E-state index contributed by atoms with van der Waals surface area (Å²) in [6, 6.07) is 0.585. The molecule has 0 aromatic carbocycles. The summed E-state index contributed by atoms with van der Waals surface area (Å²) < 4.78 is 5.44. The van der Waals surface area contributed by atoms with Crippen LogP contribution in [0.4, 0.5) is 0 Å². The number of ether oxygens (including phenoxy) is 1. The van der Waals surface area contributed by atoms with Gasteiger partial charge in [-0.1, -0.05) is 13.8 Å². The average molecular weight is 188 g/mol. The molecular formula is C10H24N2O. The van der Waals surface area contributed by atoms with E-state index in [1.54, 1.807) is 0 Å². The third-order valence-electron chi connectivity index (χ3n) is 1.70. The second kappa shape index (κ2) is 8.48. The van der Waals surface area contributed by atoms with Crippen molar-refractivity contribution in [1.82, 2.24) is 10.2 Å². The average Bonchev–Trinajstić information content (AvgIpc) is 2.01. The highest BCUT2D eigenvalue weighted by atomic mass is 16.5. The maximum absolute atomic E-state index is 5.44. The predicted molar refractivity (Wildman–Crippen MR) is 57.1 cm³/mol. The zero-order valence-corrected chi connectivity index (χ0v) is 9.47. The van der Waals surface area contributed by atoms with Crippen LogP contribution in [0, 0.1) is 0 Å². The van der Waals surface area contributed by atoms with Gasteiger partial charge < -0.3 is 15.0 Å². The summed E-state index contributed by atoms with van der Waals surface area (Å²) in [5.41, 5.74) is 0. The summed E-state index contributed by atoms with van der Waals surface area (Å²) in [6.45, 7) is 8.10. The van der Waals surface area contributed by atoms with Gasteiger partial charge in [-0.05, 0) is 27.1 Å². The van der Waals surface area contributed by atoms with Gasteiger partial charge in [0.05, 0.1) is 6.61 Å². The van der Waals surface area contributed by atoms with E-state index in [0.717, 1.165) is 32.7 Å². The molecule has 0 spiro atoms. The molecule has 3 nitrogen and oxygen atoms in total. The van der Waals surface area contributed by atoms with E-state index >= 15 is 0 Å². The maximum Gasteiger partial charge on any atom is 0.0593 e.